The number of halogens is 2. The molecule has 156 valence electrons. The van der Waals surface area contributed by atoms with Gasteiger partial charge < -0.3 is 0 Å². The van der Waals surface area contributed by atoms with Crippen LogP contribution in [0.4, 0.5) is 8.78 Å². The Kier molecular flexibility index (Phi) is 5.85. The van der Waals surface area contributed by atoms with Crippen molar-refractivity contribution in [3.05, 3.63) is 64.7 Å². The number of unbranched alkanes of at least 4 members (excludes halogenated alkanes) is 1. The van der Waals surface area contributed by atoms with Gasteiger partial charge in [-0.15, -0.1) is 0 Å². The van der Waals surface area contributed by atoms with Crippen LogP contribution >= 0.6 is 11.8 Å². The molecule has 0 spiro atoms. The molecule has 0 aliphatic rings. The van der Waals surface area contributed by atoms with E-state index in [0.717, 1.165) is 17.4 Å². The summed E-state index contributed by atoms with van der Waals surface area (Å²) >= 11 is 1.28. The second-order valence-corrected chi connectivity index (χ2v) is 8.40. The molecule has 2 aromatic carbocycles. The van der Waals surface area contributed by atoms with E-state index in [4.69, 9.17) is 0 Å². The smallest absolute Gasteiger partial charge is 0.287 e. The van der Waals surface area contributed by atoms with Gasteiger partial charge in [0.25, 0.3) is 5.56 Å². The molecule has 0 bridgehead atoms. The van der Waals surface area contributed by atoms with Gasteiger partial charge in [-0.1, -0.05) is 49.4 Å². The van der Waals surface area contributed by atoms with Crippen molar-refractivity contribution in [2.45, 2.75) is 50.2 Å². The van der Waals surface area contributed by atoms with E-state index in [1.807, 2.05) is 19.1 Å². The van der Waals surface area contributed by atoms with Gasteiger partial charge in [0.1, 0.15) is 5.82 Å². The van der Waals surface area contributed by atoms with Gasteiger partial charge in [-0.2, -0.15) is 8.78 Å². The second-order valence-electron chi connectivity index (χ2n) is 7.09. The molecule has 0 amide bonds. The number of nitrogens with zero attached hydrogens (tertiary/aromatic N) is 4. The van der Waals surface area contributed by atoms with Crippen molar-refractivity contribution in [2.75, 3.05) is 0 Å². The number of para-hydroxylation sites is 3. The van der Waals surface area contributed by atoms with Gasteiger partial charge in [0.15, 0.2) is 5.16 Å². The molecule has 0 unspecified atom stereocenters. The average Bonchev–Trinajstić information content (AvgIpc) is 3.14. The largest absolute Gasteiger partial charge is 0.320 e. The lowest BCUT2D eigenvalue weighted by atomic mass is 10.2. The van der Waals surface area contributed by atoms with Crippen LogP contribution in [-0.4, -0.2) is 19.1 Å². The molecular formula is C22H22F2N4OS. The Hall–Kier alpha value is -2.74. The molecule has 0 fully saturated rings. The standard InChI is InChI=1S/C22H22F2N4OS/c1-3-4-13-27-20(29)15-9-5-6-10-16(15)26-22(27)30-14(2)19-25-17-11-7-8-12-18(17)28(19)21(23)24/h5-12,14,21H,3-4,13H2,1-2H3/t14-/m0/s1. The number of hydrogen-bond donors (Lipinski definition) is 0. The molecule has 1 atom stereocenters. The minimum Gasteiger partial charge on any atom is -0.287 e. The Balaban J connectivity index is 1.80. The number of rotatable bonds is 7. The van der Waals surface area contributed by atoms with E-state index < -0.39 is 11.8 Å². The van der Waals surface area contributed by atoms with Crippen molar-refractivity contribution >= 4 is 33.7 Å². The zero-order valence-corrected chi connectivity index (χ0v) is 17.6. The van der Waals surface area contributed by atoms with E-state index >= 15 is 0 Å². The summed E-state index contributed by atoms with van der Waals surface area (Å²) in [5, 5.41) is 0.658. The van der Waals surface area contributed by atoms with Gasteiger partial charge >= 0.3 is 6.55 Å². The molecular weight excluding hydrogens is 406 g/mol. The Morgan fingerprint density at radius 3 is 2.47 bits per heavy atom. The molecule has 2 heterocycles. The van der Waals surface area contributed by atoms with E-state index in [1.165, 1.54) is 11.8 Å². The highest BCUT2D eigenvalue weighted by Crippen LogP contribution is 2.37. The molecule has 5 nitrogen and oxygen atoms in total. The minimum absolute atomic E-state index is 0.105. The van der Waals surface area contributed by atoms with Crippen molar-refractivity contribution in [1.82, 2.24) is 19.1 Å². The summed E-state index contributed by atoms with van der Waals surface area (Å²) in [5.74, 6) is 0.264. The summed E-state index contributed by atoms with van der Waals surface area (Å²) in [4.78, 5) is 22.2. The predicted molar refractivity (Wildman–Crippen MR) is 116 cm³/mol. The number of benzene rings is 2. The number of thioether (sulfide) groups is 1. The lowest BCUT2D eigenvalue weighted by Crippen LogP contribution is -2.23. The van der Waals surface area contributed by atoms with Crippen LogP contribution in [0.5, 0.6) is 0 Å². The molecule has 2 aromatic heterocycles. The Morgan fingerprint density at radius 2 is 1.73 bits per heavy atom. The molecule has 0 radical (unpaired) electrons. The summed E-state index contributed by atoms with van der Waals surface area (Å²) in [6.07, 6.45) is 1.76. The first kappa shape index (κ1) is 20.5. The van der Waals surface area contributed by atoms with Gasteiger partial charge in [-0.3, -0.25) is 13.9 Å². The fourth-order valence-corrected chi connectivity index (χ4v) is 4.56. The van der Waals surface area contributed by atoms with Crippen LogP contribution in [0.15, 0.2) is 58.5 Å². The van der Waals surface area contributed by atoms with Crippen LogP contribution in [0.1, 0.15) is 44.3 Å². The van der Waals surface area contributed by atoms with Crippen LogP contribution in [0.25, 0.3) is 21.9 Å². The molecule has 4 aromatic rings. The lowest BCUT2D eigenvalue weighted by Gasteiger charge is -2.17. The summed E-state index contributed by atoms with van der Waals surface area (Å²) in [6.45, 7) is 1.70. The summed E-state index contributed by atoms with van der Waals surface area (Å²) in [6, 6.07) is 14.1. The van der Waals surface area contributed by atoms with Crippen LogP contribution in [0, 0.1) is 0 Å². The Bertz CT molecular complexity index is 1250. The molecule has 0 aliphatic carbocycles. The van der Waals surface area contributed by atoms with Crippen molar-refractivity contribution in [1.29, 1.82) is 0 Å². The molecule has 30 heavy (non-hydrogen) atoms. The maximum atomic E-state index is 13.9. The molecule has 0 N–H and O–H groups in total. The zero-order valence-electron chi connectivity index (χ0n) is 16.8. The summed E-state index contributed by atoms with van der Waals surface area (Å²) in [7, 11) is 0. The quantitative estimate of drug-likeness (QED) is 0.276. The molecule has 0 saturated carbocycles. The summed E-state index contributed by atoms with van der Waals surface area (Å²) in [5.41, 5.74) is 1.42. The monoisotopic (exact) mass is 428 g/mol. The highest BCUT2D eigenvalue weighted by molar-refractivity contribution is 7.99. The fraction of sp³-hybridized carbons (Fsp3) is 0.318. The van der Waals surface area contributed by atoms with Crippen molar-refractivity contribution in [3.63, 3.8) is 0 Å². The zero-order chi connectivity index (χ0) is 21.3. The van der Waals surface area contributed by atoms with E-state index in [1.54, 1.807) is 41.0 Å². The summed E-state index contributed by atoms with van der Waals surface area (Å²) < 4.78 is 30.3. The predicted octanol–water partition coefficient (Wildman–Crippen LogP) is 5.79. The third kappa shape index (κ3) is 3.71. The first-order chi connectivity index (χ1) is 14.5. The maximum absolute atomic E-state index is 13.9. The van der Waals surface area contributed by atoms with Crippen LogP contribution < -0.4 is 5.56 Å². The normalized spacial score (nSPS) is 12.8. The Morgan fingerprint density at radius 1 is 1.03 bits per heavy atom. The molecule has 0 aliphatic heterocycles. The highest BCUT2D eigenvalue weighted by Gasteiger charge is 2.24. The number of hydrogen-bond acceptors (Lipinski definition) is 4. The van der Waals surface area contributed by atoms with Gasteiger partial charge in [-0.05, 0) is 37.6 Å². The van der Waals surface area contributed by atoms with Gasteiger partial charge in [0.2, 0.25) is 0 Å². The topological polar surface area (TPSA) is 52.7 Å². The SMILES string of the molecule is CCCCn1c(S[C@@H](C)c2nc3ccccc3n2C(F)F)nc2ccccc2c1=O. The van der Waals surface area contributed by atoms with Gasteiger partial charge in [0.05, 0.1) is 27.2 Å². The van der Waals surface area contributed by atoms with Crippen molar-refractivity contribution < 1.29 is 8.78 Å². The van der Waals surface area contributed by atoms with E-state index in [0.29, 0.717) is 33.6 Å². The number of imidazole rings is 1. The first-order valence-corrected chi connectivity index (χ1v) is 10.8. The highest BCUT2D eigenvalue weighted by atomic mass is 32.2. The maximum Gasteiger partial charge on any atom is 0.320 e. The van der Waals surface area contributed by atoms with Crippen LogP contribution in [0.2, 0.25) is 0 Å². The number of fused-ring (bicyclic) bond motifs is 2. The van der Waals surface area contributed by atoms with Gasteiger partial charge in [0, 0.05) is 6.54 Å². The second kappa shape index (κ2) is 8.55. The number of aromatic nitrogens is 4. The van der Waals surface area contributed by atoms with Crippen molar-refractivity contribution in [2.24, 2.45) is 0 Å². The van der Waals surface area contributed by atoms with E-state index in [-0.39, 0.29) is 11.4 Å². The fourth-order valence-electron chi connectivity index (χ4n) is 3.52. The van der Waals surface area contributed by atoms with Crippen molar-refractivity contribution in [3.8, 4) is 0 Å². The molecule has 0 saturated heterocycles. The third-order valence-corrected chi connectivity index (χ3v) is 6.11. The molecule has 8 heteroatoms. The van der Waals surface area contributed by atoms with Gasteiger partial charge in [-0.25, -0.2) is 9.97 Å². The van der Waals surface area contributed by atoms with E-state index in [9.17, 15) is 13.6 Å². The minimum atomic E-state index is -2.71. The lowest BCUT2D eigenvalue weighted by molar-refractivity contribution is 0.0715. The van der Waals surface area contributed by atoms with Crippen LogP contribution in [0.3, 0.4) is 0 Å². The van der Waals surface area contributed by atoms with E-state index in [2.05, 4.69) is 16.9 Å². The molecule has 4 rings (SSSR count). The third-order valence-electron chi connectivity index (χ3n) is 5.03. The Labute approximate surface area is 176 Å². The van der Waals surface area contributed by atoms with Crippen LogP contribution in [-0.2, 0) is 6.54 Å². The number of alkyl halides is 2. The first-order valence-electron chi connectivity index (χ1n) is 9.92. The average molecular weight is 429 g/mol.